The number of hydrogen-bond acceptors (Lipinski definition) is 3. The minimum Gasteiger partial charge on any atom is -0.352 e. The van der Waals surface area contributed by atoms with E-state index in [1.807, 2.05) is 0 Å². The summed E-state index contributed by atoms with van der Waals surface area (Å²) >= 11 is 0. The van der Waals surface area contributed by atoms with Gasteiger partial charge in [-0.25, -0.2) is 27.6 Å². The smallest absolute Gasteiger partial charge is 0.276 e. The second kappa shape index (κ2) is 9.48. The van der Waals surface area contributed by atoms with E-state index in [9.17, 15) is 21.6 Å². The Balaban J connectivity index is 1.27. The Morgan fingerprint density at radius 3 is 2.51 bits per heavy atom. The molecule has 0 saturated heterocycles. The molecule has 0 radical (unpaired) electrons. The zero-order valence-electron chi connectivity index (χ0n) is 18.6. The van der Waals surface area contributed by atoms with Gasteiger partial charge in [0.25, 0.3) is 10.2 Å². The predicted molar refractivity (Wildman–Crippen MR) is 126 cm³/mol. The molecule has 0 atom stereocenters. The molecule has 1 aliphatic rings. The summed E-state index contributed by atoms with van der Waals surface area (Å²) in [5.41, 5.74) is 3.02. The molecule has 184 valence electrons. The number of fused-ring (bicyclic) bond motifs is 1. The number of aromatic amines is 2. The lowest BCUT2D eigenvalue weighted by molar-refractivity contribution is 0.267. The van der Waals surface area contributed by atoms with Crippen LogP contribution in [-0.2, 0) is 16.6 Å². The van der Waals surface area contributed by atoms with Crippen molar-refractivity contribution in [1.29, 1.82) is 0 Å². The minimum absolute atomic E-state index is 0.0212. The lowest BCUT2D eigenvalue weighted by atomic mass is 9.70. The molecule has 0 spiro atoms. The van der Waals surface area contributed by atoms with E-state index in [0.717, 1.165) is 17.3 Å². The van der Waals surface area contributed by atoms with Crippen molar-refractivity contribution in [2.24, 2.45) is 5.92 Å². The van der Waals surface area contributed by atoms with E-state index in [0.29, 0.717) is 35.9 Å². The van der Waals surface area contributed by atoms with Crippen molar-refractivity contribution in [2.45, 2.75) is 25.2 Å². The van der Waals surface area contributed by atoms with Crippen LogP contribution < -0.4 is 9.44 Å². The van der Waals surface area contributed by atoms with E-state index in [4.69, 9.17) is 0 Å². The van der Waals surface area contributed by atoms with E-state index in [1.54, 1.807) is 18.3 Å². The lowest BCUT2D eigenvalue weighted by Gasteiger charge is -2.36. The van der Waals surface area contributed by atoms with Gasteiger partial charge in [-0.15, -0.1) is 0 Å². The van der Waals surface area contributed by atoms with E-state index in [1.165, 1.54) is 24.5 Å². The molecule has 2 aromatic carbocycles. The highest BCUT2D eigenvalue weighted by Crippen LogP contribution is 2.48. The second-order valence-corrected chi connectivity index (χ2v) is 10.4. The fourth-order valence-electron chi connectivity index (χ4n) is 4.67. The Bertz CT molecular complexity index is 1430. The molecule has 2 heterocycles. The van der Waals surface area contributed by atoms with Crippen LogP contribution in [-0.4, -0.2) is 36.5 Å². The third kappa shape index (κ3) is 5.12. The zero-order valence-corrected chi connectivity index (χ0v) is 19.4. The molecule has 11 heteroatoms. The number of imidazole rings is 1. The van der Waals surface area contributed by atoms with Crippen LogP contribution in [0.4, 0.5) is 13.2 Å². The van der Waals surface area contributed by atoms with Gasteiger partial charge in [0, 0.05) is 37.2 Å². The van der Waals surface area contributed by atoms with Crippen molar-refractivity contribution in [1.82, 2.24) is 24.4 Å². The molecule has 4 N–H and O–H groups in total. The number of halogens is 3. The standard InChI is InChI=1S/C24H24F3N5O2S/c25-17-3-1-15(2-4-17)23-22(20-9-18(26)10-21(27)24(20)32-23)16-7-14(8-16)11-31-35(33,34)30-6-5-19-12-28-13-29-19/h1-4,9-10,12-14,16,30-32H,5-8,11H2,(H,28,29)/t14-,16-. The summed E-state index contributed by atoms with van der Waals surface area (Å²) in [7, 11) is -3.66. The fraction of sp³-hybridized carbons (Fsp3) is 0.292. The van der Waals surface area contributed by atoms with Crippen LogP contribution in [0.3, 0.4) is 0 Å². The molecule has 2 aromatic heterocycles. The highest BCUT2D eigenvalue weighted by atomic mass is 32.2. The van der Waals surface area contributed by atoms with Gasteiger partial charge >= 0.3 is 0 Å². The van der Waals surface area contributed by atoms with Gasteiger partial charge in [0.2, 0.25) is 0 Å². The summed E-state index contributed by atoms with van der Waals surface area (Å²) < 4.78 is 71.6. The largest absolute Gasteiger partial charge is 0.352 e. The summed E-state index contributed by atoms with van der Waals surface area (Å²) in [6, 6.07) is 7.96. The van der Waals surface area contributed by atoms with Crippen molar-refractivity contribution >= 4 is 21.1 Å². The van der Waals surface area contributed by atoms with Gasteiger partial charge in [-0.05, 0) is 66.1 Å². The Morgan fingerprint density at radius 1 is 1.03 bits per heavy atom. The van der Waals surface area contributed by atoms with Gasteiger partial charge in [-0.2, -0.15) is 8.42 Å². The van der Waals surface area contributed by atoms with E-state index < -0.39 is 27.7 Å². The van der Waals surface area contributed by atoms with Crippen molar-refractivity contribution in [3.8, 4) is 11.3 Å². The van der Waals surface area contributed by atoms with Gasteiger partial charge in [-0.3, -0.25) is 0 Å². The molecule has 0 amide bonds. The van der Waals surface area contributed by atoms with Crippen molar-refractivity contribution in [3.05, 3.63) is 77.6 Å². The van der Waals surface area contributed by atoms with E-state index in [-0.39, 0.29) is 30.4 Å². The maximum absolute atomic E-state index is 14.5. The van der Waals surface area contributed by atoms with Gasteiger partial charge in [0.1, 0.15) is 17.5 Å². The summed E-state index contributed by atoms with van der Waals surface area (Å²) in [5.74, 6) is -1.71. The Kier molecular flexibility index (Phi) is 6.39. The molecular weight excluding hydrogens is 479 g/mol. The van der Waals surface area contributed by atoms with Gasteiger partial charge in [-0.1, -0.05) is 0 Å². The Morgan fingerprint density at radius 2 is 1.80 bits per heavy atom. The van der Waals surface area contributed by atoms with Crippen molar-refractivity contribution < 1.29 is 21.6 Å². The maximum Gasteiger partial charge on any atom is 0.276 e. The third-order valence-electron chi connectivity index (χ3n) is 6.43. The summed E-state index contributed by atoms with van der Waals surface area (Å²) in [6.07, 6.45) is 5.01. The Hall–Kier alpha value is -3.15. The van der Waals surface area contributed by atoms with Gasteiger partial charge in [0.15, 0.2) is 0 Å². The molecule has 4 aromatic rings. The highest BCUT2D eigenvalue weighted by Gasteiger charge is 2.35. The summed E-state index contributed by atoms with van der Waals surface area (Å²) in [6.45, 7) is 0.478. The normalized spacial score (nSPS) is 18.1. The predicted octanol–water partition coefficient (Wildman–Crippen LogP) is 4.14. The molecule has 1 aliphatic carbocycles. The molecule has 0 unspecified atom stereocenters. The van der Waals surface area contributed by atoms with Crippen LogP contribution in [0.15, 0.2) is 48.9 Å². The van der Waals surface area contributed by atoms with Crippen molar-refractivity contribution in [2.75, 3.05) is 13.1 Å². The number of hydrogen-bond donors (Lipinski definition) is 4. The number of aromatic nitrogens is 3. The summed E-state index contributed by atoms with van der Waals surface area (Å²) in [4.78, 5) is 9.93. The van der Waals surface area contributed by atoms with Crippen LogP contribution in [0.2, 0.25) is 0 Å². The van der Waals surface area contributed by atoms with Gasteiger partial charge < -0.3 is 9.97 Å². The number of nitrogens with zero attached hydrogens (tertiary/aromatic N) is 1. The van der Waals surface area contributed by atoms with Crippen LogP contribution in [0.5, 0.6) is 0 Å². The second-order valence-electron chi connectivity index (χ2n) is 8.82. The van der Waals surface area contributed by atoms with Crippen LogP contribution >= 0.6 is 0 Å². The average Bonchev–Trinajstić information content (AvgIpc) is 3.42. The highest BCUT2D eigenvalue weighted by molar-refractivity contribution is 7.87. The molecule has 1 saturated carbocycles. The van der Waals surface area contributed by atoms with Gasteiger partial charge in [0.05, 0.1) is 23.2 Å². The molecule has 1 fully saturated rings. The average molecular weight is 504 g/mol. The topological polar surface area (TPSA) is 103 Å². The first-order valence-corrected chi connectivity index (χ1v) is 12.8. The van der Waals surface area contributed by atoms with Crippen molar-refractivity contribution in [3.63, 3.8) is 0 Å². The SMILES string of the molecule is O=S(=O)(NCCc1c[nH]cn1)NC[C@H]1C[C@H](c2c(-c3ccc(F)cc3)[nH]c3c(F)cc(F)cc32)C1. The van der Waals surface area contributed by atoms with Crippen LogP contribution in [0.25, 0.3) is 22.2 Å². The molecule has 5 rings (SSSR count). The Labute approximate surface area is 200 Å². The summed E-state index contributed by atoms with van der Waals surface area (Å²) in [5, 5.41) is 0.450. The molecule has 0 bridgehead atoms. The molecule has 0 aliphatic heterocycles. The first-order chi connectivity index (χ1) is 16.8. The van der Waals surface area contributed by atoms with Crippen LogP contribution in [0.1, 0.15) is 30.0 Å². The lowest BCUT2D eigenvalue weighted by Crippen LogP contribution is -2.42. The third-order valence-corrected chi connectivity index (χ3v) is 7.56. The number of nitrogens with one attached hydrogen (secondary N) is 4. The first-order valence-electron chi connectivity index (χ1n) is 11.3. The number of H-pyrrole nitrogens is 2. The molecular formula is C24H24F3N5O2S. The van der Waals surface area contributed by atoms with E-state index >= 15 is 0 Å². The number of benzene rings is 2. The first kappa shape index (κ1) is 23.6. The minimum atomic E-state index is -3.66. The monoisotopic (exact) mass is 503 g/mol. The molecule has 7 nitrogen and oxygen atoms in total. The number of rotatable bonds is 9. The maximum atomic E-state index is 14.5. The molecule has 35 heavy (non-hydrogen) atoms. The van der Waals surface area contributed by atoms with E-state index in [2.05, 4.69) is 24.4 Å². The quantitative estimate of drug-likeness (QED) is 0.276. The van der Waals surface area contributed by atoms with Crippen LogP contribution in [0, 0.1) is 23.4 Å². The zero-order chi connectivity index (χ0) is 24.6. The fourth-order valence-corrected chi connectivity index (χ4v) is 5.59.